The fraction of sp³-hybridized carbons (Fsp3) is 0.167. The first-order chi connectivity index (χ1) is 8.87. The summed E-state index contributed by atoms with van der Waals surface area (Å²) in [6.07, 6.45) is -4.47. The van der Waals surface area contributed by atoms with Gasteiger partial charge in [-0.1, -0.05) is 18.2 Å². The van der Waals surface area contributed by atoms with Crippen LogP contribution in [0, 0.1) is 5.41 Å². The van der Waals surface area contributed by atoms with E-state index in [9.17, 15) is 13.2 Å². The van der Waals surface area contributed by atoms with Gasteiger partial charge in [0.1, 0.15) is 5.84 Å². The molecule has 0 saturated carbocycles. The zero-order valence-electron chi connectivity index (χ0n) is 9.66. The van der Waals surface area contributed by atoms with Crippen molar-refractivity contribution in [3.8, 4) is 5.88 Å². The first-order valence-corrected chi connectivity index (χ1v) is 5.30. The maximum atomic E-state index is 12.2. The van der Waals surface area contributed by atoms with Gasteiger partial charge in [-0.15, -0.1) is 0 Å². The van der Waals surface area contributed by atoms with Gasteiger partial charge in [0.25, 0.3) is 0 Å². The predicted molar refractivity (Wildman–Crippen MR) is 64.3 cm³/mol. The number of halogens is 3. The van der Waals surface area contributed by atoms with E-state index in [0.717, 1.165) is 0 Å². The molecular weight excluding hydrogens is 259 g/mol. The molecule has 0 saturated heterocycles. The number of fused-ring (bicyclic) bond motifs is 1. The fourth-order valence-electron chi connectivity index (χ4n) is 1.55. The Hall–Kier alpha value is -2.31. The number of ether oxygens (including phenoxy) is 1. The zero-order valence-corrected chi connectivity index (χ0v) is 9.66. The normalized spacial score (nSPS) is 11.5. The summed E-state index contributed by atoms with van der Waals surface area (Å²) < 4.78 is 41.1. The molecule has 1 heterocycles. The second-order valence-corrected chi connectivity index (χ2v) is 3.85. The predicted octanol–water partition coefficient (Wildman–Crippen LogP) is 2.46. The van der Waals surface area contributed by atoms with Crippen molar-refractivity contribution in [3.05, 3.63) is 35.9 Å². The summed E-state index contributed by atoms with van der Waals surface area (Å²) in [5, 5.41) is 8.04. The summed E-state index contributed by atoms with van der Waals surface area (Å²) in [4.78, 5) is 3.96. The van der Waals surface area contributed by atoms with Crippen LogP contribution in [0.3, 0.4) is 0 Å². The number of amidine groups is 1. The molecule has 0 atom stereocenters. The third kappa shape index (κ3) is 3.12. The lowest BCUT2D eigenvalue weighted by molar-refractivity contribution is -0.154. The molecule has 19 heavy (non-hydrogen) atoms. The van der Waals surface area contributed by atoms with Gasteiger partial charge >= 0.3 is 6.18 Å². The number of pyridine rings is 1. The van der Waals surface area contributed by atoms with Gasteiger partial charge in [-0.3, -0.25) is 5.41 Å². The highest BCUT2D eigenvalue weighted by Gasteiger charge is 2.29. The van der Waals surface area contributed by atoms with Gasteiger partial charge in [0.2, 0.25) is 5.88 Å². The van der Waals surface area contributed by atoms with Crippen molar-refractivity contribution in [1.29, 1.82) is 5.41 Å². The summed E-state index contributed by atoms with van der Waals surface area (Å²) in [5.41, 5.74) is 5.85. The minimum Gasteiger partial charge on any atom is -0.467 e. The molecule has 0 bridgehead atoms. The maximum absolute atomic E-state index is 12.2. The van der Waals surface area contributed by atoms with Crippen molar-refractivity contribution in [2.24, 2.45) is 5.73 Å². The number of nitrogen functional groups attached to an aromatic ring is 1. The number of hydrogen-bond acceptors (Lipinski definition) is 3. The number of benzene rings is 1. The average Bonchev–Trinajstić information content (AvgIpc) is 2.34. The van der Waals surface area contributed by atoms with Gasteiger partial charge in [-0.2, -0.15) is 13.2 Å². The largest absolute Gasteiger partial charge is 0.467 e. The van der Waals surface area contributed by atoms with Crippen LogP contribution in [0.2, 0.25) is 0 Å². The molecule has 0 aliphatic carbocycles. The molecule has 2 rings (SSSR count). The van der Waals surface area contributed by atoms with Gasteiger partial charge in [0.15, 0.2) is 6.61 Å². The molecule has 0 unspecified atom stereocenters. The zero-order chi connectivity index (χ0) is 14.0. The lowest BCUT2D eigenvalue weighted by atomic mass is 10.1. The van der Waals surface area contributed by atoms with E-state index in [0.29, 0.717) is 10.9 Å². The van der Waals surface area contributed by atoms with Crippen LogP contribution < -0.4 is 10.5 Å². The van der Waals surface area contributed by atoms with Crippen molar-refractivity contribution in [2.45, 2.75) is 6.18 Å². The Morgan fingerprint density at radius 3 is 2.63 bits per heavy atom. The Labute approximate surface area is 106 Å². The number of alkyl halides is 3. The highest BCUT2D eigenvalue weighted by Crippen LogP contribution is 2.24. The number of hydrogen-bond donors (Lipinski definition) is 2. The molecule has 0 amide bonds. The third-order valence-electron chi connectivity index (χ3n) is 2.35. The molecule has 100 valence electrons. The molecule has 0 spiro atoms. The Morgan fingerprint density at radius 2 is 2.00 bits per heavy atom. The number of para-hydroxylation sites is 1. The quantitative estimate of drug-likeness (QED) is 0.664. The van der Waals surface area contributed by atoms with E-state index in [1.165, 1.54) is 6.07 Å². The first kappa shape index (κ1) is 13.1. The Morgan fingerprint density at radius 1 is 1.32 bits per heavy atom. The molecular formula is C12H10F3N3O. The SMILES string of the molecule is N=C(N)c1cc2ccccc2nc1OCC(F)(F)F. The van der Waals surface area contributed by atoms with E-state index < -0.39 is 18.6 Å². The number of aromatic nitrogens is 1. The van der Waals surface area contributed by atoms with Crippen LogP contribution in [0.5, 0.6) is 5.88 Å². The number of nitrogens with two attached hydrogens (primary N) is 1. The van der Waals surface area contributed by atoms with Crippen LogP contribution in [0.4, 0.5) is 13.2 Å². The van der Waals surface area contributed by atoms with Crippen LogP contribution in [-0.2, 0) is 0 Å². The molecule has 4 nitrogen and oxygen atoms in total. The van der Waals surface area contributed by atoms with Crippen molar-refractivity contribution < 1.29 is 17.9 Å². The molecule has 2 aromatic rings. The second kappa shape index (κ2) is 4.75. The summed E-state index contributed by atoms with van der Waals surface area (Å²) in [7, 11) is 0. The van der Waals surface area contributed by atoms with Crippen LogP contribution in [0.15, 0.2) is 30.3 Å². The molecule has 0 fully saturated rings. The fourth-order valence-corrected chi connectivity index (χ4v) is 1.55. The summed E-state index contributed by atoms with van der Waals surface area (Å²) in [6, 6.07) is 8.30. The van der Waals surface area contributed by atoms with Gasteiger partial charge in [-0.05, 0) is 12.1 Å². The topological polar surface area (TPSA) is 72.0 Å². The Kier molecular flexibility index (Phi) is 3.28. The molecule has 1 aromatic carbocycles. The molecule has 0 radical (unpaired) electrons. The van der Waals surface area contributed by atoms with Crippen molar-refractivity contribution >= 4 is 16.7 Å². The van der Waals surface area contributed by atoms with Crippen molar-refractivity contribution in [1.82, 2.24) is 4.98 Å². The smallest absolute Gasteiger partial charge is 0.422 e. The van der Waals surface area contributed by atoms with Gasteiger partial charge in [0.05, 0.1) is 11.1 Å². The third-order valence-corrected chi connectivity index (χ3v) is 2.35. The van der Waals surface area contributed by atoms with E-state index in [1.54, 1.807) is 24.3 Å². The van der Waals surface area contributed by atoms with Crippen LogP contribution >= 0.6 is 0 Å². The minimum atomic E-state index is -4.47. The number of nitrogens with zero attached hydrogens (tertiary/aromatic N) is 1. The highest BCUT2D eigenvalue weighted by molar-refractivity contribution is 6.00. The number of nitrogens with one attached hydrogen (secondary N) is 1. The summed E-state index contributed by atoms with van der Waals surface area (Å²) >= 11 is 0. The van der Waals surface area contributed by atoms with Crippen molar-refractivity contribution in [3.63, 3.8) is 0 Å². The van der Waals surface area contributed by atoms with Gasteiger partial charge in [-0.25, -0.2) is 4.98 Å². The lowest BCUT2D eigenvalue weighted by Crippen LogP contribution is -2.22. The molecule has 0 aliphatic rings. The first-order valence-electron chi connectivity index (χ1n) is 5.30. The molecule has 1 aromatic heterocycles. The summed E-state index contributed by atoms with van der Waals surface area (Å²) in [6.45, 7) is -1.47. The van der Waals surface area contributed by atoms with E-state index in [-0.39, 0.29) is 11.4 Å². The molecule has 7 heteroatoms. The second-order valence-electron chi connectivity index (χ2n) is 3.85. The van der Waals surface area contributed by atoms with Crippen molar-refractivity contribution in [2.75, 3.05) is 6.61 Å². The monoisotopic (exact) mass is 269 g/mol. The summed E-state index contributed by atoms with van der Waals surface area (Å²) in [5.74, 6) is -0.682. The standard InChI is InChI=1S/C12H10F3N3O/c13-12(14,15)6-19-11-8(10(16)17)5-7-3-1-2-4-9(7)18-11/h1-5H,6H2,(H3,16,17). The highest BCUT2D eigenvalue weighted by atomic mass is 19.4. The van der Waals surface area contributed by atoms with Gasteiger partial charge < -0.3 is 10.5 Å². The van der Waals surface area contributed by atoms with Crippen LogP contribution in [0.1, 0.15) is 5.56 Å². The lowest BCUT2D eigenvalue weighted by Gasteiger charge is -2.12. The Bertz CT molecular complexity index is 625. The van der Waals surface area contributed by atoms with Crippen LogP contribution in [0.25, 0.3) is 10.9 Å². The van der Waals surface area contributed by atoms with E-state index in [2.05, 4.69) is 9.72 Å². The molecule has 0 aliphatic heterocycles. The Balaban J connectivity index is 2.45. The molecule has 3 N–H and O–H groups in total. The van der Waals surface area contributed by atoms with E-state index in [1.807, 2.05) is 0 Å². The van der Waals surface area contributed by atoms with E-state index >= 15 is 0 Å². The van der Waals surface area contributed by atoms with E-state index in [4.69, 9.17) is 11.1 Å². The van der Waals surface area contributed by atoms with Gasteiger partial charge in [0, 0.05) is 5.39 Å². The van der Waals surface area contributed by atoms with Crippen LogP contribution in [-0.4, -0.2) is 23.6 Å². The average molecular weight is 269 g/mol. The number of rotatable bonds is 3. The minimum absolute atomic E-state index is 0.0444. The maximum Gasteiger partial charge on any atom is 0.422 e.